The Morgan fingerprint density at radius 3 is 1.47 bits per heavy atom. The second kappa shape index (κ2) is 11.8. The highest BCUT2D eigenvalue weighted by Crippen LogP contribution is 2.42. The van der Waals surface area contributed by atoms with Crippen LogP contribution in [-0.4, -0.2) is 13.7 Å². The van der Waals surface area contributed by atoms with Gasteiger partial charge in [-0.25, -0.2) is 9.69 Å². The number of aromatic nitrogens is 3. The van der Waals surface area contributed by atoms with Gasteiger partial charge in [0.15, 0.2) is 11.4 Å². The Balaban J connectivity index is 1.20. The summed E-state index contributed by atoms with van der Waals surface area (Å²) in [6, 6.07) is 61.5. The molecule has 0 aliphatic heterocycles. The topological polar surface area (TPSA) is 23.5 Å². The monoisotopic (exact) mass is 699 g/mol. The first-order chi connectivity index (χ1) is 27.2. The summed E-state index contributed by atoms with van der Waals surface area (Å²) in [6.07, 6.45) is 0. The Morgan fingerprint density at radius 2 is 0.836 bits per heavy atom. The first-order valence-electron chi connectivity index (χ1n) is 18.3. The van der Waals surface area contributed by atoms with E-state index < -0.39 is 0 Å². The summed E-state index contributed by atoms with van der Waals surface area (Å²) < 4.78 is 7.05. The molecule has 0 aliphatic rings. The molecule has 3 aromatic heterocycles. The van der Waals surface area contributed by atoms with Crippen LogP contribution < -0.4 is 0 Å². The van der Waals surface area contributed by atoms with Crippen LogP contribution in [0.4, 0.5) is 11.4 Å². The molecule has 0 atom stereocenters. The molecule has 8 aromatic carbocycles. The lowest BCUT2D eigenvalue weighted by Crippen LogP contribution is -2.01. The van der Waals surface area contributed by atoms with E-state index in [4.69, 9.17) is 13.1 Å². The molecule has 11 rings (SSSR count). The van der Waals surface area contributed by atoms with Gasteiger partial charge in [-0.2, -0.15) is 0 Å². The average Bonchev–Trinajstić information content (AvgIpc) is 3.89. The summed E-state index contributed by atoms with van der Waals surface area (Å²) in [4.78, 5) is 7.64. The predicted octanol–water partition coefficient (Wildman–Crippen LogP) is 13.7. The van der Waals surface area contributed by atoms with E-state index in [2.05, 4.69) is 163 Å². The van der Waals surface area contributed by atoms with E-state index in [0.29, 0.717) is 11.4 Å². The fraction of sp³-hybridized carbons (Fsp3) is 0. The van der Waals surface area contributed by atoms with Crippen LogP contribution in [0.1, 0.15) is 0 Å². The lowest BCUT2D eigenvalue weighted by Gasteiger charge is -2.17. The van der Waals surface area contributed by atoms with E-state index in [1.54, 1.807) is 0 Å². The summed E-state index contributed by atoms with van der Waals surface area (Å²) >= 11 is 0. The Hall–Kier alpha value is -7.86. The number of nitrogens with zero attached hydrogens (tertiary/aromatic N) is 5. The van der Waals surface area contributed by atoms with Gasteiger partial charge in [-0.3, -0.25) is 0 Å². The van der Waals surface area contributed by atoms with Gasteiger partial charge in [0.2, 0.25) is 0 Å². The normalized spacial score (nSPS) is 11.6. The van der Waals surface area contributed by atoms with E-state index >= 15 is 0 Å². The van der Waals surface area contributed by atoms with E-state index in [-0.39, 0.29) is 0 Å². The van der Waals surface area contributed by atoms with Crippen molar-refractivity contribution in [1.82, 2.24) is 13.7 Å². The molecule has 0 aliphatic carbocycles. The van der Waals surface area contributed by atoms with Gasteiger partial charge >= 0.3 is 0 Å². The molecular weight excluding hydrogens is 671 g/mol. The smallest absolute Gasteiger partial charge is 0.189 e. The van der Waals surface area contributed by atoms with Gasteiger partial charge in [0.1, 0.15) is 0 Å². The van der Waals surface area contributed by atoms with E-state index in [0.717, 1.165) is 72.1 Å². The molecule has 55 heavy (non-hydrogen) atoms. The molecule has 0 saturated heterocycles. The van der Waals surface area contributed by atoms with Crippen molar-refractivity contribution in [3.05, 3.63) is 199 Å². The molecule has 0 spiro atoms. The number of hydrogen-bond acceptors (Lipinski definition) is 0. The first-order valence-corrected chi connectivity index (χ1v) is 18.3. The van der Waals surface area contributed by atoms with Crippen LogP contribution in [0, 0.1) is 13.1 Å². The van der Waals surface area contributed by atoms with Crippen LogP contribution in [0.25, 0.3) is 103 Å². The minimum absolute atomic E-state index is 0.567. The van der Waals surface area contributed by atoms with Crippen LogP contribution in [0.5, 0.6) is 0 Å². The molecule has 5 heteroatoms. The molecule has 0 radical (unpaired) electrons. The Kier molecular flexibility index (Phi) is 6.61. The van der Waals surface area contributed by atoms with Crippen molar-refractivity contribution < 1.29 is 0 Å². The van der Waals surface area contributed by atoms with Gasteiger partial charge in [-0.05, 0) is 71.8 Å². The number of hydrogen-bond donors (Lipinski definition) is 0. The van der Waals surface area contributed by atoms with Gasteiger partial charge in [-0.15, -0.1) is 0 Å². The highest BCUT2D eigenvalue weighted by molar-refractivity contribution is 6.15. The fourth-order valence-corrected chi connectivity index (χ4v) is 8.75. The summed E-state index contributed by atoms with van der Waals surface area (Å²) in [5.74, 6) is 0. The van der Waals surface area contributed by atoms with Gasteiger partial charge < -0.3 is 13.7 Å². The molecule has 11 aromatic rings. The van der Waals surface area contributed by atoms with Crippen LogP contribution >= 0.6 is 0 Å². The highest BCUT2D eigenvalue weighted by Gasteiger charge is 2.21. The maximum Gasteiger partial charge on any atom is 0.189 e. The molecule has 0 unspecified atom stereocenters. The standard InChI is InChI=1S/C50H29N5/c1-51-33-26-28-47(55-46-23-10-5-17-38(46)40-27-25-34(52-2)31-49(40)55)42(30-33)32-13-11-14-35(29-32)53-43-20-7-6-18-39(43)41-19-12-24-48(50(41)53)54-44-21-8-3-15-36(44)37-16-4-9-22-45(37)54/h3-31H. The molecule has 0 bridgehead atoms. The largest absolute Gasteiger partial charge is 0.310 e. The van der Waals surface area contributed by atoms with Crippen molar-refractivity contribution in [3.8, 4) is 28.2 Å². The summed E-state index contributed by atoms with van der Waals surface area (Å²) in [5, 5.41) is 7.01. The second-order valence-corrected chi connectivity index (χ2v) is 13.9. The third-order valence-corrected chi connectivity index (χ3v) is 11.0. The third-order valence-electron chi connectivity index (χ3n) is 11.0. The summed E-state index contributed by atoms with van der Waals surface area (Å²) in [6.45, 7) is 15.8. The molecule has 3 heterocycles. The van der Waals surface area contributed by atoms with E-state index in [9.17, 15) is 0 Å². The Morgan fingerprint density at radius 1 is 0.345 bits per heavy atom. The van der Waals surface area contributed by atoms with Crippen molar-refractivity contribution in [2.75, 3.05) is 0 Å². The van der Waals surface area contributed by atoms with Crippen molar-refractivity contribution in [2.24, 2.45) is 0 Å². The maximum absolute atomic E-state index is 7.99. The summed E-state index contributed by atoms with van der Waals surface area (Å²) in [5.41, 5.74) is 12.7. The number of benzene rings is 8. The SMILES string of the molecule is [C-]#[N+]c1ccc(-n2c3ccccc3c3ccc([N+]#[C-])cc32)c(-c2cccc(-n3c4ccccc4c4cccc(-n5c6ccccc6c6ccccc65)c43)c2)c1. The van der Waals surface area contributed by atoms with Gasteiger partial charge in [0, 0.05) is 43.5 Å². The van der Waals surface area contributed by atoms with Crippen LogP contribution in [0.15, 0.2) is 176 Å². The minimum Gasteiger partial charge on any atom is -0.310 e. The lowest BCUT2D eigenvalue weighted by atomic mass is 10.0. The van der Waals surface area contributed by atoms with Crippen LogP contribution in [-0.2, 0) is 0 Å². The number of fused-ring (bicyclic) bond motifs is 9. The van der Waals surface area contributed by atoms with Crippen molar-refractivity contribution in [1.29, 1.82) is 0 Å². The predicted molar refractivity (Wildman–Crippen MR) is 227 cm³/mol. The zero-order chi connectivity index (χ0) is 36.6. The lowest BCUT2D eigenvalue weighted by molar-refractivity contribution is 1.13. The fourth-order valence-electron chi connectivity index (χ4n) is 8.75. The molecule has 0 fully saturated rings. The molecule has 0 saturated carbocycles. The average molecular weight is 700 g/mol. The van der Waals surface area contributed by atoms with Crippen molar-refractivity contribution in [2.45, 2.75) is 0 Å². The van der Waals surface area contributed by atoms with Crippen LogP contribution in [0.3, 0.4) is 0 Å². The Bertz CT molecular complexity index is 3420. The van der Waals surface area contributed by atoms with Crippen molar-refractivity contribution >= 4 is 76.8 Å². The zero-order valence-electron chi connectivity index (χ0n) is 29.5. The zero-order valence-corrected chi connectivity index (χ0v) is 29.5. The second-order valence-electron chi connectivity index (χ2n) is 13.9. The quantitative estimate of drug-likeness (QED) is 0.163. The molecule has 0 N–H and O–H groups in total. The highest BCUT2D eigenvalue weighted by atomic mass is 15.1. The number of rotatable bonds is 4. The minimum atomic E-state index is 0.567. The number of para-hydroxylation sites is 5. The molecule has 5 nitrogen and oxygen atoms in total. The van der Waals surface area contributed by atoms with E-state index in [1.807, 2.05) is 36.4 Å². The molecular formula is C50H29N5. The van der Waals surface area contributed by atoms with Gasteiger partial charge in [-0.1, -0.05) is 115 Å². The third kappa shape index (κ3) is 4.45. The van der Waals surface area contributed by atoms with Crippen molar-refractivity contribution in [3.63, 3.8) is 0 Å². The first kappa shape index (κ1) is 30.7. The van der Waals surface area contributed by atoms with E-state index in [1.165, 1.54) is 21.5 Å². The summed E-state index contributed by atoms with van der Waals surface area (Å²) in [7, 11) is 0. The maximum atomic E-state index is 7.99. The van der Waals surface area contributed by atoms with Gasteiger partial charge in [0.05, 0.1) is 52.1 Å². The molecule has 254 valence electrons. The van der Waals surface area contributed by atoms with Crippen LogP contribution in [0.2, 0.25) is 0 Å². The van der Waals surface area contributed by atoms with Gasteiger partial charge in [0.25, 0.3) is 0 Å². The Labute approximate surface area is 316 Å². The molecule has 0 amide bonds.